The third-order valence-electron chi connectivity index (χ3n) is 6.72. The van der Waals surface area contributed by atoms with Gasteiger partial charge < -0.3 is 15.5 Å². The first-order valence-electron chi connectivity index (χ1n) is 10.2. The van der Waals surface area contributed by atoms with Crippen LogP contribution in [0.2, 0.25) is 0 Å². The predicted octanol–water partition coefficient (Wildman–Crippen LogP) is 0.299. The molecule has 2 saturated carbocycles. The summed E-state index contributed by atoms with van der Waals surface area (Å²) in [7, 11) is 5.98. The summed E-state index contributed by atoms with van der Waals surface area (Å²) in [5.74, 6) is 1.87. The molecule has 4 aliphatic rings. The maximum atomic E-state index is 12.7. The Kier molecular flexibility index (Phi) is 4.97. The molecule has 1 heterocycles. The van der Waals surface area contributed by atoms with Crippen LogP contribution in [0.25, 0.3) is 0 Å². The second kappa shape index (κ2) is 7.26. The average Bonchev–Trinajstić information content (AvgIpc) is 3.17. The van der Waals surface area contributed by atoms with Gasteiger partial charge in [-0.25, -0.2) is 0 Å². The summed E-state index contributed by atoms with van der Waals surface area (Å²) in [6.07, 6.45) is 7.84. The monoisotopic (exact) mass is 373 g/mol. The van der Waals surface area contributed by atoms with Gasteiger partial charge >= 0.3 is 0 Å². The number of carbonyl (C=O) groups excluding carboxylic acids is 2. The first-order chi connectivity index (χ1) is 13.0. The van der Waals surface area contributed by atoms with Gasteiger partial charge in [-0.15, -0.1) is 0 Å². The van der Waals surface area contributed by atoms with Crippen LogP contribution in [0.4, 0.5) is 0 Å². The van der Waals surface area contributed by atoms with Crippen LogP contribution in [0.15, 0.2) is 17.1 Å². The number of guanidine groups is 1. The van der Waals surface area contributed by atoms with Crippen molar-refractivity contribution in [3.8, 4) is 0 Å². The summed E-state index contributed by atoms with van der Waals surface area (Å²) in [6.45, 7) is 1.78. The largest absolute Gasteiger partial charge is 0.355 e. The Morgan fingerprint density at radius 3 is 2.33 bits per heavy atom. The standard InChI is InChI=1S/C20H31N5O2/c1-21-20(23-11-15(24(2)3)12-4-5-12)22-8-9-25-18(26)16-13-6-7-14(10-13)17(16)19(25)27/h6-7,12-17H,4-5,8-11H2,1-3H3,(H2,21,22,23). The number of hydrogen-bond acceptors (Lipinski definition) is 4. The number of allylic oxidation sites excluding steroid dienone is 2. The van der Waals surface area contributed by atoms with E-state index in [1.54, 1.807) is 7.05 Å². The molecule has 3 fully saturated rings. The van der Waals surface area contributed by atoms with Crippen molar-refractivity contribution >= 4 is 17.8 Å². The van der Waals surface area contributed by atoms with Gasteiger partial charge in [0.05, 0.1) is 11.8 Å². The minimum absolute atomic E-state index is 0.0213. The number of hydrogen-bond donors (Lipinski definition) is 2. The normalized spacial score (nSPS) is 33.2. The summed E-state index contributed by atoms with van der Waals surface area (Å²) in [5, 5.41) is 6.64. The Bertz CT molecular complexity index is 637. The zero-order valence-corrected chi connectivity index (χ0v) is 16.5. The van der Waals surface area contributed by atoms with E-state index in [0.717, 1.165) is 24.8 Å². The molecule has 27 heavy (non-hydrogen) atoms. The third kappa shape index (κ3) is 3.37. The van der Waals surface area contributed by atoms with Crippen molar-refractivity contribution in [3.63, 3.8) is 0 Å². The van der Waals surface area contributed by atoms with E-state index in [9.17, 15) is 9.59 Å². The van der Waals surface area contributed by atoms with E-state index in [1.165, 1.54) is 17.7 Å². The zero-order valence-electron chi connectivity index (χ0n) is 16.5. The average molecular weight is 374 g/mol. The molecule has 1 aliphatic heterocycles. The fourth-order valence-electron chi connectivity index (χ4n) is 5.14. The number of amides is 2. The Labute approximate surface area is 161 Å². The molecule has 148 valence electrons. The van der Waals surface area contributed by atoms with Crippen LogP contribution in [0.5, 0.6) is 0 Å². The summed E-state index contributed by atoms with van der Waals surface area (Å²) in [4.78, 5) is 33.4. The molecule has 0 spiro atoms. The lowest BCUT2D eigenvalue weighted by Crippen LogP contribution is -2.48. The quantitative estimate of drug-likeness (QED) is 0.290. The highest BCUT2D eigenvalue weighted by Gasteiger charge is 2.58. The first-order valence-corrected chi connectivity index (χ1v) is 10.2. The van der Waals surface area contributed by atoms with Crippen LogP contribution in [0, 0.1) is 29.6 Å². The topological polar surface area (TPSA) is 77.0 Å². The molecule has 2 bridgehead atoms. The molecule has 1 saturated heterocycles. The van der Waals surface area contributed by atoms with Crippen molar-refractivity contribution < 1.29 is 9.59 Å². The van der Waals surface area contributed by atoms with Crippen molar-refractivity contribution in [3.05, 3.63) is 12.2 Å². The van der Waals surface area contributed by atoms with E-state index < -0.39 is 0 Å². The molecule has 0 aromatic rings. The number of imide groups is 1. The molecule has 4 rings (SSSR count). The molecular formula is C20H31N5O2. The van der Waals surface area contributed by atoms with Gasteiger partial charge in [-0.05, 0) is 51.1 Å². The van der Waals surface area contributed by atoms with Gasteiger partial charge in [-0.3, -0.25) is 19.5 Å². The molecule has 5 atom stereocenters. The molecular weight excluding hydrogens is 342 g/mol. The summed E-state index contributed by atoms with van der Waals surface area (Å²) in [6, 6.07) is 0.507. The highest BCUT2D eigenvalue weighted by molar-refractivity contribution is 6.06. The second-order valence-corrected chi connectivity index (χ2v) is 8.58. The number of carbonyl (C=O) groups is 2. The molecule has 5 unspecified atom stereocenters. The predicted molar refractivity (Wildman–Crippen MR) is 104 cm³/mol. The van der Waals surface area contributed by atoms with Gasteiger partial charge in [0.25, 0.3) is 0 Å². The zero-order chi connectivity index (χ0) is 19.1. The molecule has 0 aromatic heterocycles. The van der Waals surface area contributed by atoms with Crippen LogP contribution in [0.3, 0.4) is 0 Å². The van der Waals surface area contributed by atoms with Crippen LogP contribution in [-0.4, -0.2) is 74.4 Å². The number of rotatable bonds is 7. The van der Waals surface area contributed by atoms with Gasteiger partial charge in [-0.2, -0.15) is 0 Å². The highest BCUT2D eigenvalue weighted by Crippen LogP contribution is 2.52. The molecule has 7 heteroatoms. The minimum Gasteiger partial charge on any atom is -0.355 e. The first kappa shape index (κ1) is 18.5. The molecule has 0 radical (unpaired) electrons. The Hall–Kier alpha value is -1.89. The fourth-order valence-corrected chi connectivity index (χ4v) is 5.14. The van der Waals surface area contributed by atoms with Gasteiger partial charge in [0.15, 0.2) is 5.96 Å². The van der Waals surface area contributed by atoms with Crippen LogP contribution >= 0.6 is 0 Å². The van der Waals surface area contributed by atoms with Crippen LogP contribution in [0.1, 0.15) is 19.3 Å². The van der Waals surface area contributed by atoms with E-state index in [0.29, 0.717) is 19.1 Å². The molecule has 7 nitrogen and oxygen atoms in total. The molecule has 2 amide bonds. The van der Waals surface area contributed by atoms with Crippen LogP contribution < -0.4 is 10.6 Å². The number of likely N-dealkylation sites (tertiary alicyclic amines) is 1. The lowest BCUT2D eigenvalue weighted by Gasteiger charge is -2.25. The van der Waals surface area contributed by atoms with Crippen LogP contribution in [-0.2, 0) is 9.59 Å². The Morgan fingerprint density at radius 1 is 1.19 bits per heavy atom. The van der Waals surface area contributed by atoms with Crippen molar-refractivity contribution in [2.75, 3.05) is 40.8 Å². The van der Waals surface area contributed by atoms with E-state index in [1.807, 2.05) is 0 Å². The van der Waals surface area contributed by atoms with Gasteiger partial charge in [0.2, 0.25) is 11.8 Å². The molecule has 0 aromatic carbocycles. The third-order valence-corrected chi connectivity index (χ3v) is 6.72. The van der Waals surface area contributed by atoms with Crippen molar-refractivity contribution in [2.45, 2.75) is 25.3 Å². The van der Waals surface area contributed by atoms with Crippen molar-refractivity contribution in [2.24, 2.45) is 34.6 Å². The maximum Gasteiger partial charge on any atom is 0.233 e. The SMILES string of the molecule is CN=C(NCCN1C(=O)C2C3C=CC(C3)C2C1=O)NCC(C1CC1)N(C)C. The van der Waals surface area contributed by atoms with Gasteiger partial charge in [0.1, 0.15) is 0 Å². The lowest BCUT2D eigenvalue weighted by molar-refractivity contribution is -0.140. The smallest absolute Gasteiger partial charge is 0.233 e. The number of nitrogens with one attached hydrogen (secondary N) is 2. The van der Waals surface area contributed by atoms with E-state index in [-0.39, 0.29) is 35.5 Å². The fraction of sp³-hybridized carbons (Fsp3) is 0.750. The van der Waals surface area contributed by atoms with Crippen molar-refractivity contribution in [1.82, 2.24) is 20.4 Å². The summed E-state index contributed by atoms with van der Waals surface area (Å²) >= 11 is 0. The molecule has 3 aliphatic carbocycles. The summed E-state index contributed by atoms with van der Waals surface area (Å²) < 4.78 is 0. The van der Waals surface area contributed by atoms with Gasteiger partial charge in [0, 0.05) is 32.7 Å². The molecule has 2 N–H and O–H groups in total. The van der Waals surface area contributed by atoms with Crippen molar-refractivity contribution in [1.29, 1.82) is 0 Å². The number of fused-ring (bicyclic) bond motifs is 5. The Morgan fingerprint density at radius 2 is 1.81 bits per heavy atom. The van der Waals surface area contributed by atoms with E-state index in [2.05, 4.69) is 46.8 Å². The summed E-state index contributed by atoms with van der Waals surface area (Å²) in [5.41, 5.74) is 0. The van der Waals surface area contributed by atoms with E-state index >= 15 is 0 Å². The number of aliphatic imine (C=N–C) groups is 1. The highest BCUT2D eigenvalue weighted by atomic mass is 16.2. The lowest BCUT2D eigenvalue weighted by atomic mass is 9.85. The second-order valence-electron chi connectivity index (χ2n) is 8.58. The number of likely N-dealkylation sites (N-methyl/N-ethyl adjacent to an activating group) is 1. The minimum atomic E-state index is -0.107. The Balaban J connectivity index is 1.25. The maximum absolute atomic E-state index is 12.7. The van der Waals surface area contributed by atoms with E-state index in [4.69, 9.17) is 0 Å². The number of nitrogens with zero attached hydrogens (tertiary/aromatic N) is 3. The van der Waals surface area contributed by atoms with Gasteiger partial charge in [-0.1, -0.05) is 12.2 Å².